The van der Waals surface area contributed by atoms with Crippen LogP contribution in [0.4, 0.5) is 10.8 Å². The Balaban J connectivity index is 1.55. The van der Waals surface area contributed by atoms with Crippen LogP contribution in [0.2, 0.25) is 0 Å². The Kier molecular flexibility index (Phi) is 6.08. The van der Waals surface area contributed by atoms with Gasteiger partial charge in [0.1, 0.15) is 0 Å². The van der Waals surface area contributed by atoms with Gasteiger partial charge in [-0.25, -0.2) is 4.98 Å². The molecule has 1 saturated heterocycles. The fourth-order valence-corrected chi connectivity index (χ4v) is 3.90. The van der Waals surface area contributed by atoms with Crippen molar-refractivity contribution < 1.29 is 19.1 Å². The second-order valence-electron chi connectivity index (χ2n) is 6.84. The van der Waals surface area contributed by atoms with Gasteiger partial charge in [0.25, 0.3) is 5.91 Å². The van der Waals surface area contributed by atoms with Crippen molar-refractivity contribution in [1.29, 1.82) is 0 Å². The molecule has 1 atom stereocenters. The number of aromatic nitrogens is 1. The quantitative estimate of drug-likeness (QED) is 0.752. The van der Waals surface area contributed by atoms with Crippen LogP contribution in [0.15, 0.2) is 23.6 Å². The lowest BCUT2D eigenvalue weighted by Gasteiger charge is -2.16. The summed E-state index contributed by atoms with van der Waals surface area (Å²) in [4.78, 5) is 42.3. The molecule has 1 fully saturated rings. The molecular formula is C20H23N3O4S. The van der Waals surface area contributed by atoms with E-state index >= 15 is 0 Å². The fraction of sp³-hybridized carbons (Fsp3) is 0.400. The minimum Gasteiger partial charge on any atom is -0.452 e. The van der Waals surface area contributed by atoms with Crippen LogP contribution < -0.4 is 10.2 Å². The van der Waals surface area contributed by atoms with Crippen LogP contribution in [0.1, 0.15) is 36.6 Å². The lowest BCUT2D eigenvalue weighted by molar-refractivity contribution is -0.152. The number of thiazole rings is 1. The van der Waals surface area contributed by atoms with Gasteiger partial charge in [0, 0.05) is 24.0 Å². The largest absolute Gasteiger partial charge is 0.452 e. The summed E-state index contributed by atoms with van der Waals surface area (Å²) in [6.45, 7) is 6.01. The Hall–Kier alpha value is -2.74. The second kappa shape index (κ2) is 8.52. The number of nitrogens with zero attached hydrogens (tertiary/aromatic N) is 2. The zero-order valence-electron chi connectivity index (χ0n) is 16.2. The molecule has 0 spiro atoms. The van der Waals surface area contributed by atoms with Crippen LogP contribution in [-0.2, 0) is 25.5 Å². The lowest BCUT2D eigenvalue weighted by atomic mass is 10.1. The van der Waals surface area contributed by atoms with Gasteiger partial charge in [-0.1, -0.05) is 18.2 Å². The summed E-state index contributed by atoms with van der Waals surface area (Å²) < 4.78 is 5.26. The molecule has 1 aromatic carbocycles. The highest BCUT2D eigenvalue weighted by atomic mass is 32.1. The average molecular weight is 401 g/mol. The van der Waals surface area contributed by atoms with Gasteiger partial charge in [0.05, 0.1) is 12.1 Å². The first kappa shape index (κ1) is 20.0. The number of para-hydroxylation sites is 1. The van der Waals surface area contributed by atoms with Gasteiger partial charge in [-0.05, 0) is 38.3 Å². The molecular weight excluding hydrogens is 378 g/mol. The third-order valence-electron chi connectivity index (χ3n) is 4.58. The molecule has 1 N–H and O–H groups in total. The van der Waals surface area contributed by atoms with Crippen molar-refractivity contribution in [1.82, 2.24) is 4.98 Å². The van der Waals surface area contributed by atoms with Crippen LogP contribution in [0.25, 0.3) is 0 Å². The molecule has 2 heterocycles. The van der Waals surface area contributed by atoms with Crippen molar-refractivity contribution in [3.05, 3.63) is 40.4 Å². The smallest absolute Gasteiger partial charge is 0.312 e. The van der Waals surface area contributed by atoms with E-state index < -0.39 is 12.1 Å². The highest BCUT2D eigenvalue weighted by Crippen LogP contribution is 2.25. The van der Waals surface area contributed by atoms with Crippen molar-refractivity contribution in [3.8, 4) is 0 Å². The molecule has 2 aromatic rings. The molecule has 0 unspecified atom stereocenters. The maximum Gasteiger partial charge on any atom is 0.312 e. The summed E-state index contributed by atoms with van der Waals surface area (Å²) in [5, 5.41) is 5.16. The molecule has 28 heavy (non-hydrogen) atoms. The third kappa shape index (κ3) is 4.56. The van der Waals surface area contributed by atoms with E-state index in [1.807, 2.05) is 32.0 Å². The number of carbonyl (C=O) groups excluding carboxylic acids is 3. The Morgan fingerprint density at radius 1 is 1.32 bits per heavy atom. The Morgan fingerprint density at radius 2 is 2.04 bits per heavy atom. The first-order valence-electron chi connectivity index (χ1n) is 9.16. The van der Waals surface area contributed by atoms with Gasteiger partial charge < -0.3 is 10.1 Å². The van der Waals surface area contributed by atoms with E-state index in [9.17, 15) is 14.4 Å². The Labute approximate surface area is 167 Å². The Morgan fingerprint density at radius 3 is 2.68 bits per heavy atom. The predicted octanol–water partition coefficient (Wildman–Crippen LogP) is 3.00. The minimum absolute atomic E-state index is 0.0421. The van der Waals surface area contributed by atoms with E-state index in [2.05, 4.69) is 10.3 Å². The SMILES string of the molecule is Cc1cccc(C)c1NC(=O)[C@@H](C)OC(=O)Cc1csc(N2CCCC2=O)n1. The van der Waals surface area contributed by atoms with E-state index in [1.165, 1.54) is 18.3 Å². The second-order valence-corrected chi connectivity index (χ2v) is 7.67. The average Bonchev–Trinajstić information content (AvgIpc) is 3.26. The van der Waals surface area contributed by atoms with Crippen LogP contribution in [-0.4, -0.2) is 35.4 Å². The third-order valence-corrected chi connectivity index (χ3v) is 5.49. The molecule has 1 aliphatic heterocycles. The number of esters is 1. The van der Waals surface area contributed by atoms with Crippen molar-refractivity contribution in [2.24, 2.45) is 0 Å². The predicted molar refractivity (Wildman–Crippen MR) is 108 cm³/mol. The van der Waals surface area contributed by atoms with Crippen molar-refractivity contribution in [3.63, 3.8) is 0 Å². The number of hydrogen-bond acceptors (Lipinski definition) is 6. The number of benzene rings is 1. The topological polar surface area (TPSA) is 88.6 Å². The molecule has 3 rings (SSSR count). The number of carbonyl (C=O) groups is 3. The van der Waals surface area contributed by atoms with E-state index in [4.69, 9.17) is 4.74 Å². The van der Waals surface area contributed by atoms with Crippen LogP contribution in [0.5, 0.6) is 0 Å². The summed E-state index contributed by atoms with van der Waals surface area (Å²) >= 11 is 1.33. The number of anilines is 2. The van der Waals surface area contributed by atoms with Crippen LogP contribution in [0.3, 0.4) is 0 Å². The van der Waals surface area contributed by atoms with Crippen molar-refractivity contribution in [2.75, 3.05) is 16.8 Å². The molecule has 148 valence electrons. The van der Waals surface area contributed by atoms with Gasteiger partial charge in [0.2, 0.25) is 5.91 Å². The molecule has 0 saturated carbocycles. The summed E-state index contributed by atoms with van der Waals surface area (Å²) in [6, 6.07) is 5.73. The van der Waals surface area contributed by atoms with Gasteiger partial charge in [0.15, 0.2) is 11.2 Å². The van der Waals surface area contributed by atoms with Gasteiger partial charge in [-0.2, -0.15) is 0 Å². The van der Waals surface area contributed by atoms with E-state index in [0.717, 1.165) is 23.2 Å². The zero-order valence-corrected chi connectivity index (χ0v) is 17.0. The number of hydrogen-bond donors (Lipinski definition) is 1. The normalized spacial score (nSPS) is 14.8. The van der Waals surface area contributed by atoms with Crippen LogP contribution in [0, 0.1) is 13.8 Å². The molecule has 0 aliphatic carbocycles. The lowest BCUT2D eigenvalue weighted by Crippen LogP contribution is -2.31. The summed E-state index contributed by atoms with van der Waals surface area (Å²) in [5.41, 5.74) is 3.15. The van der Waals surface area contributed by atoms with Gasteiger partial charge >= 0.3 is 5.97 Å². The maximum atomic E-state index is 12.4. The molecule has 1 aliphatic rings. The number of nitrogens with one attached hydrogen (secondary N) is 1. The molecule has 8 heteroatoms. The zero-order chi connectivity index (χ0) is 20.3. The number of ether oxygens (including phenoxy) is 1. The summed E-state index contributed by atoms with van der Waals surface area (Å²) in [5.74, 6) is -0.860. The van der Waals surface area contributed by atoms with Crippen molar-refractivity contribution in [2.45, 2.75) is 46.1 Å². The molecule has 0 radical (unpaired) electrons. The molecule has 1 aromatic heterocycles. The summed E-state index contributed by atoms with van der Waals surface area (Å²) in [7, 11) is 0. The number of amides is 2. The maximum absolute atomic E-state index is 12.4. The molecule has 7 nitrogen and oxygen atoms in total. The first-order valence-corrected chi connectivity index (χ1v) is 10.0. The van der Waals surface area contributed by atoms with Crippen LogP contribution >= 0.6 is 11.3 Å². The molecule has 2 amide bonds. The highest BCUT2D eigenvalue weighted by Gasteiger charge is 2.25. The minimum atomic E-state index is -0.926. The standard InChI is InChI=1S/C20H23N3O4S/c1-12-6-4-7-13(2)18(12)22-19(26)14(3)27-17(25)10-15-11-28-20(21-15)23-9-5-8-16(23)24/h4,6-7,11,14H,5,8-10H2,1-3H3,(H,22,26)/t14-/m1/s1. The Bertz CT molecular complexity index is 888. The number of aryl methyl sites for hydroxylation is 2. The van der Waals surface area contributed by atoms with Gasteiger partial charge in [-0.15, -0.1) is 11.3 Å². The summed E-state index contributed by atoms with van der Waals surface area (Å²) in [6.07, 6.45) is 0.386. The van der Waals surface area contributed by atoms with Crippen molar-refractivity contribution >= 4 is 39.9 Å². The highest BCUT2D eigenvalue weighted by molar-refractivity contribution is 7.14. The van der Waals surface area contributed by atoms with E-state index in [1.54, 1.807) is 10.3 Å². The monoisotopic (exact) mass is 401 g/mol. The first-order chi connectivity index (χ1) is 13.3. The molecule has 0 bridgehead atoms. The number of rotatable bonds is 6. The van der Waals surface area contributed by atoms with E-state index in [-0.39, 0.29) is 18.2 Å². The van der Waals surface area contributed by atoms with Gasteiger partial charge in [-0.3, -0.25) is 19.3 Å². The fourth-order valence-electron chi connectivity index (χ4n) is 3.03. The van der Waals surface area contributed by atoms with E-state index in [0.29, 0.717) is 23.8 Å².